The molecule has 0 aliphatic rings. The third kappa shape index (κ3) is 1.90. The molecule has 3 nitrogen and oxygen atoms in total. The van der Waals surface area contributed by atoms with Crippen LogP contribution in [-0.2, 0) is 5.72 Å². The molecule has 0 saturated heterocycles. The highest BCUT2D eigenvalue weighted by atomic mass is 16.3. The van der Waals surface area contributed by atoms with Crippen LogP contribution in [0.4, 0.5) is 0 Å². The van der Waals surface area contributed by atoms with Gasteiger partial charge in [-0.3, -0.25) is 4.79 Å². The van der Waals surface area contributed by atoms with Gasteiger partial charge in [0.05, 0.1) is 0 Å². The first-order valence-corrected chi connectivity index (χ1v) is 3.61. The summed E-state index contributed by atoms with van der Waals surface area (Å²) in [6.07, 6.45) is 0.745. The van der Waals surface area contributed by atoms with E-state index in [-0.39, 0.29) is 0 Å². The quantitative estimate of drug-likeness (QED) is 0.499. The third-order valence-corrected chi connectivity index (χ3v) is 1.63. The smallest absolute Gasteiger partial charge is 0.150 e. The topological polar surface area (TPSA) is 63.3 Å². The number of carbonyl (C=O) groups excluding carboxylic acids is 1. The number of rotatable bonds is 2. The molecule has 0 radical (unpaired) electrons. The van der Waals surface area contributed by atoms with Crippen LogP contribution in [0.5, 0.6) is 0 Å². The van der Waals surface area contributed by atoms with Gasteiger partial charge >= 0.3 is 0 Å². The first kappa shape index (κ1) is 8.90. The van der Waals surface area contributed by atoms with Gasteiger partial charge in [-0.25, -0.2) is 0 Å². The van der Waals surface area contributed by atoms with Crippen LogP contribution in [0.2, 0.25) is 0 Å². The Kier molecular flexibility index (Phi) is 2.26. The zero-order valence-electron chi connectivity index (χ0n) is 6.82. The van der Waals surface area contributed by atoms with Crippen molar-refractivity contribution >= 4 is 6.29 Å². The van der Waals surface area contributed by atoms with Crippen molar-refractivity contribution in [1.29, 1.82) is 0 Å². The molecule has 0 spiro atoms. The van der Waals surface area contributed by atoms with Gasteiger partial charge < -0.3 is 10.8 Å². The zero-order valence-corrected chi connectivity index (χ0v) is 6.82. The number of benzene rings is 1. The Labute approximate surface area is 70.8 Å². The summed E-state index contributed by atoms with van der Waals surface area (Å²) < 4.78 is 0. The summed E-state index contributed by atoms with van der Waals surface area (Å²) >= 11 is 0. The number of aliphatic hydroxyl groups is 1. The van der Waals surface area contributed by atoms with E-state index in [9.17, 15) is 9.90 Å². The maximum atomic E-state index is 10.3. The van der Waals surface area contributed by atoms with Crippen molar-refractivity contribution in [2.45, 2.75) is 12.6 Å². The van der Waals surface area contributed by atoms with Gasteiger partial charge in [-0.2, -0.15) is 0 Å². The molecule has 1 aromatic rings. The fourth-order valence-electron chi connectivity index (χ4n) is 0.899. The van der Waals surface area contributed by atoms with Crippen molar-refractivity contribution in [2.24, 2.45) is 5.73 Å². The monoisotopic (exact) mass is 165 g/mol. The second-order valence-electron chi connectivity index (χ2n) is 2.89. The van der Waals surface area contributed by atoms with Gasteiger partial charge in [-0.15, -0.1) is 0 Å². The van der Waals surface area contributed by atoms with E-state index in [0.717, 1.165) is 6.29 Å². The van der Waals surface area contributed by atoms with Crippen LogP contribution in [0, 0.1) is 0 Å². The van der Waals surface area contributed by atoms with Crippen molar-refractivity contribution < 1.29 is 9.90 Å². The van der Waals surface area contributed by atoms with Crippen LogP contribution in [0.1, 0.15) is 22.8 Å². The van der Waals surface area contributed by atoms with E-state index in [4.69, 9.17) is 5.73 Å². The van der Waals surface area contributed by atoms with E-state index in [2.05, 4.69) is 0 Å². The molecule has 1 aromatic carbocycles. The van der Waals surface area contributed by atoms with Crippen LogP contribution in [0.25, 0.3) is 0 Å². The largest absolute Gasteiger partial charge is 0.372 e. The fourth-order valence-corrected chi connectivity index (χ4v) is 0.899. The molecule has 64 valence electrons. The highest BCUT2D eigenvalue weighted by Crippen LogP contribution is 2.13. The van der Waals surface area contributed by atoms with E-state index in [1.165, 1.54) is 6.92 Å². The summed E-state index contributed by atoms with van der Waals surface area (Å²) in [7, 11) is 0. The molecule has 3 heteroatoms. The van der Waals surface area contributed by atoms with Gasteiger partial charge in [0, 0.05) is 5.56 Å². The van der Waals surface area contributed by atoms with E-state index in [1.54, 1.807) is 24.3 Å². The minimum absolute atomic E-state index is 0.572. The van der Waals surface area contributed by atoms with Crippen LogP contribution >= 0.6 is 0 Å². The lowest BCUT2D eigenvalue weighted by atomic mass is 10.0. The second-order valence-corrected chi connectivity index (χ2v) is 2.89. The predicted octanol–water partition coefficient (Wildman–Crippen LogP) is 0.623. The minimum Gasteiger partial charge on any atom is -0.372 e. The van der Waals surface area contributed by atoms with Crippen molar-refractivity contribution in [3.8, 4) is 0 Å². The molecule has 0 heterocycles. The third-order valence-electron chi connectivity index (χ3n) is 1.63. The Morgan fingerprint density at radius 2 is 1.92 bits per heavy atom. The van der Waals surface area contributed by atoms with Crippen LogP contribution in [-0.4, -0.2) is 11.4 Å². The van der Waals surface area contributed by atoms with Crippen molar-refractivity contribution in [1.82, 2.24) is 0 Å². The van der Waals surface area contributed by atoms with Crippen LogP contribution in [0.15, 0.2) is 24.3 Å². The van der Waals surface area contributed by atoms with Gasteiger partial charge in [0.1, 0.15) is 12.0 Å². The Morgan fingerprint density at radius 1 is 1.42 bits per heavy atom. The lowest BCUT2D eigenvalue weighted by Gasteiger charge is -2.17. The molecule has 3 N–H and O–H groups in total. The number of hydrogen-bond acceptors (Lipinski definition) is 3. The van der Waals surface area contributed by atoms with Gasteiger partial charge in [0.15, 0.2) is 0 Å². The summed E-state index contributed by atoms with van der Waals surface area (Å²) in [4.78, 5) is 10.3. The maximum Gasteiger partial charge on any atom is 0.150 e. The maximum absolute atomic E-state index is 10.3. The standard InChI is InChI=1S/C9H11NO2/c1-9(10,12)8-4-2-7(6-11)3-5-8/h2-6,12H,10H2,1H3/t9-/m1/s1. The normalized spacial score (nSPS) is 15.2. The number of carbonyl (C=O) groups is 1. The summed E-state index contributed by atoms with van der Waals surface area (Å²) in [5, 5.41) is 9.34. The van der Waals surface area contributed by atoms with Gasteiger partial charge in [-0.05, 0) is 12.5 Å². The van der Waals surface area contributed by atoms with Gasteiger partial charge in [0.2, 0.25) is 0 Å². The molecule has 1 rings (SSSR count). The summed E-state index contributed by atoms with van der Waals surface area (Å²) in [5.41, 5.74) is 5.25. The first-order chi connectivity index (χ1) is 5.54. The average Bonchev–Trinajstić information content (AvgIpc) is 2.03. The second kappa shape index (κ2) is 3.05. The summed E-state index contributed by atoms with van der Waals surface area (Å²) in [5.74, 6) is 0. The summed E-state index contributed by atoms with van der Waals surface area (Å²) in [6, 6.07) is 6.49. The Bertz CT molecular complexity index is 272. The molecular weight excluding hydrogens is 154 g/mol. The molecule has 12 heavy (non-hydrogen) atoms. The molecule has 0 amide bonds. The predicted molar refractivity (Wildman–Crippen MR) is 45.6 cm³/mol. The SMILES string of the molecule is C[C@@](N)(O)c1ccc(C=O)cc1. The lowest BCUT2D eigenvalue weighted by molar-refractivity contribution is 0.0647. The van der Waals surface area contributed by atoms with Crippen LogP contribution < -0.4 is 5.73 Å². The molecule has 0 fully saturated rings. The highest BCUT2D eigenvalue weighted by molar-refractivity contribution is 5.74. The van der Waals surface area contributed by atoms with E-state index >= 15 is 0 Å². The molecule has 0 unspecified atom stereocenters. The average molecular weight is 165 g/mol. The van der Waals surface area contributed by atoms with Crippen molar-refractivity contribution in [3.05, 3.63) is 35.4 Å². The molecule has 0 aromatic heterocycles. The fraction of sp³-hybridized carbons (Fsp3) is 0.222. The molecule has 0 bridgehead atoms. The van der Waals surface area contributed by atoms with Crippen LogP contribution in [0.3, 0.4) is 0 Å². The van der Waals surface area contributed by atoms with E-state index < -0.39 is 5.72 Å². The lowest BCUT2D eigenvalue weighted by Crippen LogP contribution is -2.32. The molecule has 0 aliphatic heterocycles. The Morgan fingerprint density at radius 3 is 2.25 bits per heavy atom. The number of nitrogens with two attached hydrogens (primary N) is 1. The number of aldehydes is 1. The van der Waals surface area contributed by atoms with E-state index in [0.29, 0.717) is 11.1 Å². The van der Waals surface area contributed by atoms with Crippen molar-refractivity contribution in [2.75, 3.05) is 0 Å². The van der Waals surface area contributed by atoms with E-state index in [1.807, 2.05) is 0 Å². The molecule has 1 atom stereocenters. The Balaban J connectivity index is 3.00. The number of hydrogen-bond donors (Lipinski definition) is 2. The molecule has 0 saturated carbocycles. The van der Waals surface area contributed by atoms with Gasteiger partial charge in [0.25, 0.3) is 0 Å². The van der Waals surface area contributed by atoms with Crippen molar-refractivity contribution in [3.63, 3.8) is 0 Å². The molecule has 0 aliphatic carbocycles. The first-order valence-electron chi connectivity index (χ1n) is 3.61. The Hall–Kier alpha value is -1.19. The minimum atomic E-state index is -1.33. The highest BCUT2D eigenvalue weighted by Gasteiger charge is 2.15. The van der Waals surface area contributed by atoms with Gasteiger partial charge in [-0.1, -0.05) is 24.3 Å². The summed E-state index contributed by atoms with van der Waals surface area (Å²) in [6.45, 7) is 1.49. The molecular formula is C9H11NO2. The zero-order chi connectivity index (χ0) is 9.19.